The van der Waals surface area contributed by atoms with Gasteiger partial charge in [-0.05, 0) is 36.9 Å². The van der Waals surface area contributed by atoms with Gasteiger partial charge in [-0.1, -0.05) is 36.4 Å². The van der Waals surface area contributed by atoms with Crippen LogP contribution in [-0.2, 0) is 0 Å². The van der Waals surface area contributed by atoms with Crippen molar-refractivity contribution < 1.29 is 4.74 Å². The summed E-state index contributed by atoms with van der Waals surface area (Å²) < 4.78 is 5.90. The number of benzene rings is 1. The average Bonchev–Trinajstić information content (AvgIpc) is 2.55. The summed E-state index contributed by atoms with van der Waals surface area (Å²) in [5.74, 6) is 1.78. The van der Waals surface area contributed by atoms with Crippen molar-refractivity contribution in [3.8, 4) is 5.88 Å². The van der Waals surface area contributed by atoms with Crippen LogP contribution in [0.5, 0.6) is 5.88 Å². The molecule has 0 unspecified atom stereocenters. The van der Waals surface area contributed by atoms with Crippen LogP contribution in [0.25, 0.3) is 0 Å². The SMILES string of the molecule is Cc1ccc(OC[C@@H]2CNCC[C@H]2c2ccccc2)nc1. The monoisotopic (exact) mass is 282 g/mol. The zero-order valence-electron chi connectivity index (χ0n) is 12.5. The largest absolute Gasteiger partial charge is 0.477 e. The van der Waals surface area contributed by atoms with E-state index in [2.05, 4.69) is 40.6 Å². The molecule has 1 aromatic heterocycles. The lowest BCUT2D eigenvalue weighted by Crippen LogP contribution is -2.38. The third kappa shape index (κ3) is 3.61. The number of piperidine rings is 1. The van der Waals surface area contributed by atoms with Crippen LogP contribution in [0, 0.1) is 12.8 Å². The number of nitrogens with zero attached hydrogens (tertiary/aromatic N) is 1. The Morgan fingerprint density at radius 3 is 2.81 bits per heavy atom. The Morgan fingerprint density at radius 2 is 2.05 bits per heavy atom. The summed E-state index contributed by atoms with van der Waals surface area (Å²) >= 11 is 0. The van der Waals surface area contributed by atoms with E-state index in [1.807, 2.05) is 25.3 Å². The average molecular weight is 282 g/mol. The Bertz CT molecular complexity index is 553. The van der Waals surface area contributed by atoms with E-state index >= 15 is 0 Å². The summed E-state index contributed by atoms with van der Waals surface area (Å²) in [5.41, 5.74) is 2.58. The van der Waals surface area contributed by atoms with Crippen molar-refractivity contribution in [2.75, 3.05) is 19.7 Å². The summed E-state index contributed by atoms with van der Waals surface area (Å²) in [6, 6.07) is 14.8. The maximum atomic E-state index is 5.90. The van der Waals surface area contributed by atoms with Gasteiger partial charge in [0, 0.05) is 24.7 Å². The van der Waals surface area contributed by atoms with E-state index in [1.165, 1.54) is 12.0 Å². The van der Waals surface area contributed by atoms with Crippen molar-refractivity contribution in [2.24, 2.45) is 5.92 Å². The lowest BCUT2D eigenvalue weighted by molar-refractivity contribution is 0.191. The molecule has 0 aliphatic carbocycles. The first kappa shape index (κ1) is 14.1. The highest BCUT2D eigenvalue weighted by molar-refractivity contribution is 5.21. The van der Waals surface area contributed by atoms with Gasteiger partial charge < -0.3 is 10.1 Å². The molecule has 2 heterocycles. The quantitative estimate of drug-likeness (QED) is 0.935. The Kier molecular flexibility index (Phi) is 4.51. The fourth-order valence-electron chi connectivity index (χ4n) is 2.97. The molecule has 3 rings (SSSR count). The molecule has 1 fully saturated rings. The van der Waals surface area contributed by atoms with Gasteiger partial charge in [-0.2, -0.15) is 0 Å². The summed E-state index contributed by atoms with van der Waals surface area (Å²) in [6.07, 6.45) is 3.02. The van der Waals surface area contributed by atoms with Crippen LogP contribution >= 0.6 is 0 Å². The highest BCUT2D eigenvalue weighted by atomic mass is 16.5. The lowest BCUT2D eigenvalue weighted by Gasteiger charge is -2.32. The fourth-order valence-corrected chi connectivity index (χ4v) is 2.97. The van der Waals surface area contributed by atoms with Gasteiger partial charge >= 0.3 is 0 Å². The molecular weight excluding hydrogens is 260 g/mol. The zero-order valence-corrected chi connectivity index (χ0v) is 12.5. The second-order valence-electron chi connectivity index (χ2n) is 5.75. The van der Waals surface area contributed by atoms with Crippen molar-refractivity contribution in [3.05, 3.63) is 59.8 Å². The van der Waals surface area contributed by atoms with Crippen LogP contribution in [0.3, 0.4) is 0 Å². The normalized spacial score (nSPS) is 22.0. The Balaban J connectivity index is 1.66. The highest BCUT2D eigenvalue weighted by Crippen LogP contribution is 2.30. The van der Waals surface area contributed by atoms with Crippen molar-refractivity contribution >= 4 is 0 Å². The van der Waals surface area contributed by atoms with E-state index in [0.29, 0.717) is 18.4 Å². The van der Waals surface area contributed by atoms with Gasteiger partial charge in [-0.3, -0.25) is 0 Å². The third-order valence-corrected chi connectivity index (χ3v) is 4.16. The minimum Gasteiger partial charge on any atom is -0.477 e. The molecular formula is C18H22N2O. The molecule has 1 N–H and O–H groups in total. The minimum atomic E-state index is 0.490. The second-order valence-corrected chi connectivity index (χ2v) is 5.75. The van der Waals surface area contributed by atoms with E-state index < -0.39 is 0 Å². The van der Waals surface area contributed by atoms with Crippen LogP contribution in [-0.4, -0.2) is 24.7 Å². The van der Waals surface area contributed by atoms with Crippen molar-refractivity contribution in [1.29, 1.82) is 0 Å². The number of nitrogens with one attached hydrogen (secondary N) is 1. The maximum absolute atomic E-state index is 5.90. The lowest BCUT2D eigenvalue weighted by atomic mass is 9.81. The first-order valence-electron chi connectivity index (χ1n) is 7.64. The van der Waals surface area contributed by atoms with Crippen LogP contribution in [0.15, 0.2) is 48.7 Å². The second kappa shape index (κ2) is 6.72. The Morgan fingerprint density at radius 1 is 1.19 bits per heavy atom. The van der Waals surface area contributed by atoms with Gasteiger partial charge in [0.05, 0.1) is 6.61 Å². The van der Waals surface area contributed by atoms with Crippen LogP contribution in [0.1, 0.15) is 23.5 Å². The van der Waals surface area contributed by atoms with E-state index in [4.69, 9.17) is 4.74 Å². The first-order valence-corrected chi connectivity index (χ1v) is 7.64. The van der Waals surface area contributed by atoms with Gasteiger partial charge in [0.2, 0.25) is 5.88 Å². The molecule has 0 radical (unpaired) electrons. The molecule has 110 valence electrons. The Labute approximate surface area is 126 Å². The van der Waals surface area contributed by atoms with E-state index in [9.17, 15) is 0 Å². The van der Waals surface area contributed by atoms with Gasteiger partial charge in [0.15, 0.2) is 0 Å². The van der Waals surface area contributed by atoms with Crippen LogP contribution in [0.4, 0.5) is 0 Å². The van der Waals surface area contributed by atoms with Gasteiger partial charge in [-0.15, -0.1) is 0 Å². The molecule has 0 spiro atoms. The first-order chi connectivity index (χ1) is 10.3. The molecule has 1 aliphatic rings. The molecule has 21 heavy (non-hydrogen) atoms. The summed E-state index contributed by atoms with van der Waals surface area (Å²) in [6.45, 7) is 4.83. The van der Waals surface area contributed by atoms with E-state index in [-0.39, 0.29) is 0 Å². The molecule has 1 aromatic carbocycles. The van der Waals surface area contributed by atoms with Crippen molar-refractivity contribution in [1.82, 2.24) is 10.3 Å². The molecule has 1 aliphatic heterocycles. The smallest absolute Gasteiger partial charge is 0.213 e. The molecule has 3 heteroatoms. The number of rotatable bonds is 4. The van der Waals surface area contributed by atoms with Gasteiger partial charge in [-0.25, -0.2) is 4.98 Å². The predicted molar refractivity (Wildman–Crippen MR) is 84.6 cm³/mol. The van der Waals surface area contributed by atoms with Gasteiger partial charge in [0.1, 0.15) is 0 Å². The number of hydrogen-bond acceptors (Lipinski definition) is 3. The number of ether oxygens (including phenoxy) is 1. The summed E-state index contributed by atoms with van der Waals surface area (Å²) in [5, 5.41) is 3.48. The van der Waals surface area contributed by atoms with Crippen LogP contribution in [0.2, 0.25) is 0 Å². The number of pyridine rings is 1. The molecule has 0 bridgehead atoms. The molecule has 1 saturated heterocycles. The predicted octanol–water partition coefficient (Wildman–Crippen LogP) is 3.16. The molecule has 2 atom stereocenters. The van der Waals surface area contributed by atoms with Crippen molar-refractivity contribution in [3.63, 3.8) is 0 Å². The number of hydrogen-bond donors (Lipinski definition) is 1. The molecule has 0 saturated carbocycles. The fraction of sp³-hybridized carbons (Fsp3) is 0.389. The zero-order chi connectivity index (χ0) is 14.5. The number of aromatic nitrogens is 1. The highest BCUT2D eigenvalue weighted by Gasteiger charge is 2.26. The minimum absolute atomic E-state index is 0.490. The molecule has 0 amide bonds. The topological polar surface area (TPSA) is 34.1 Å². The van der Waals surface area contributed by atoms with Crippen molar-refractivity contribution in [2.45, 2.75) is 19.3 Å². The third-order valence-electron chi connectivity index (χ3n) is 4.16. The van der Waals surface area contributed by atoms with E-state index in [0.717, 1.165) is 24.5 Å². The number of aryl methyl sites for hydroxylation is 1. The molecule has 2 aromatic rings. The summed E-state index contributed by atoms with van der Waals surface area (Å²) in [4.78, 5) is 4.32. The Hall–Kier alpha value is -1.87. The van der Waals surface area contributed by atoms with Crippen LogP contribution < -0.4 is 10.1 Å². The molecule has 3 nitrogen and oxygen atoms in total. The van der Waals surface area contributed by atoms with E-state index in [1.54, 1.807) is 0 Å². The standard InChI is InChI=1S/C18H22N2O/c1-14-7-8-18(20-11-14)21-13-16-12-19-10-9-17(16)15-5-3-2-4-6-15/h2-8,11,16-17,19H,9-10,12-13H2,1H3/t16-,17-/m0/s1. The van der Waals surface area contributed by atoms with Gasteiger partial charge in [0.25, 0.3) is 0 Å². The summed E-state index contributed by atoms with van der Waals surface area (Å²) in [7, 11) is 0. The maximum Gasteiger partial charge on any atom is 0.213 e.